The van der Waals surface area contributed by atoms with Crippen molar-refractivity contribution in [2.24, 2.45) is 0 Å². The Hall–Kier alpha value is -2.97. The second-order valence-electron chi connectivity index (χ2n) is 7.87. The summed E-state index contributed by atoms with van der Waals surface area (Å²) in [4.78, 5) is 49.0. The maximum atomic E-state index is 14.6. The molecule has 1 saturated heterocycles. The van der Waals surface area contributed by atoms with E-state index in [1.807, 2.05) is 0 Å². The van der Waals surface area contributed by atoms with Crippen LogP contribution in [0.4, 0.5) is 9.18 Å². The number of hydrogen-bond acceptors (Lipinski definition) is 5. The zero-order valence-corrected chi connectivity index (χ0v) is 15.9. The monoisotopic (exact) mass is 391 g/mol. The molecular weight excluding hydrogens is 369 g/mol. The van der Waals surface area contributed by atoms with Crippen molar-refractivity contribution in [1.82, 2.24) is 15.5 Å². The number of ether oxygens (including phenoxy) is 1. The number of benzene rings is 1. The molecule has 0 radical (unpaired) electrons. The van der Waals surface area contributed by atoms with Gasteiger partial charge >= 0.3 is 6.09 Å². The maximum Gasteiger partial charge on any atom is 0.407 e. The number of imide groups is 1. The van der Waals surface area contributed by atoms with Gasteiger partial charge in [-0.1, -0.05) is 6.07 Å². The number of carbonyl (C=O) groups is 4. The first-order chi connectivity index (χ1) is 13.0. The third-order valence-corrected chi connectivity index (χ3v) is 4.47. The lowest BCUT2D eigenvalue weighted by Gasteiger charge is -2.29. The summed E-state index contributed by atoms with van der Waals surface area (Å²) in [7, 11) is 0. The number of nitrogens with one attached hydrogen (secondary N) is 2. The molecule has 0 saturated carbocycles. The molecular formula is C19H22FN3O5. The van der Waals surface area contributed by atoms with E-state index in [9.17, 15) is 23.6 Å². The molecule has 1 aromatic rings. The van der Waals surface area contributed by atoms with E-state index in [1.54, 1.807) is 26.8 Å². The highest BCUT2D eigenvalue weighted by molar-refractivity contribution is 6.05. The van der Waals surface area contributed by atoms with Crippen LogP contribution in [-0.4, -0.2) is 40.4 Å². The fraction of sp³-hybridized carbons (Fsp3) is 0.474. The average molecular weight is 391 g/mol. The predicted molar refractivity (Wildman–Crippen MR) is 95.5 cm³/mol. The first-order valence-electron chi connectivity index (χ1n) is 8.98. The maximum absolute atomic E-state index is 14.6. The van der Waals surface area contributed by atoms with Crippen LogP contribution in [0.3, 0.4) is 0 Å². The van der Waals surface area contributed by atoms with Crippen LogP contribution in [0.25, 0.3) is 0 Å². The van der Waals surface area contributed by atoms with Gasteiger partial charge in [0, 0.05) is 19.5 Å². The van der Waals surface area contributed by atoms with E-state index in [-0.39, 0.29) is 37.4 Å². The Morgan fingerprint density at radius 3 is 2.68 bits per heavy atom. The molecule has 28 heavy (non-hydrogen) atoms. The Morgan fingerprint density at radius 2 is 2.04 bits per heavy atom. The minimum Gasteiger partial charge on any atom is -0.444 e. The summed E-state index contributed by atoms with van der Waals surface area (Å²) >= 11 is 0. The van der Waals surface area contributed by atoms with Gasteiger partial charge in [0.2, 0.25) is 11.8 Å². The van der Waals surface area contributed by atoms with Gasteiger partial charge in [0.05, 0.1) is 5.56 Å². The number of nitrogens with zero attached hydrogens (tertiary/aromatic N) is 1. The van der Waals surface area contributed by atoms with Gasteiger partial charge in [-0.15, -0.1) is 0 Å². The third-order valence-electron chi connectivity index (χ3n) is 4.47. The number of fused-ring (bicyclic) bond motifs is 1. The number of rotatable bonds is 3. The lowest BCUT2D eigenvalue weighted by Crippen LogP contribution is -2.52. The molecule has 1 fully saturated rings. The minimum absolute atomic E-state index is 0.0335. The van der Waals surface area contributed by atoms with Gasteiger partial charge in [0.15, 0.2) is 0 Å². The van der Waals surface area contributed by atoms with E-state index in [1.165, 1.54) is 11.0 Å². The van der Waals surface area contributed by atoms with Crippen LogP contribution < -0.4 is 10.6 Å². The highest BCUT2D eigenvalue weighted by Gasteiger charge is 2.40. The average Bonchev–Trinajstić information content (AvgIpc) is 2.88. The molecule has 2 aliphatic rings. The van der Waals surface area contributed by atoms with Gasteiger partial charge in [0.25, 0.3) is 5.91 Å². The van der Waals surface area contributed by atoms with E-state index >= 15 is 0 Å². The summed E-state index contributed by atoms with van der Waals surface area (Å²) in [5.41, 5.74) is 0.184. The van der Waals surface area contributed by atoms with Crippen LogP contribution in [0.2, 0.25) is 0 Å². The van der Waals surface area contributed by atoms with Gasteiger partial charge in [-0.25, -0.2) is 9.18 Å². The molecule has 0 aliphatic carbocycles. The molecule has 4 amide bonds. The SMILES string of the molecule is CC(C)(C)OC(=O)NCc1cc(F)c2c(c1)CN(C1CCC(=O)NC1=O)C2=O. The van der Waals surface area contributed by atoms with Crippen molar-refractivity contribution in [2.45, 2.75) is 58.3 Å². The summed E-state index contributed by atoms with van der Waals surface area (Å²) < 4.78 is 19.7. The molecule has 150 valence electrons. The van der Waals surface area contributed by atoms with Crippen molar-refractivity contribution in [2.75, 3.05) is 0 Å². The Balaban J connectivity index is 1.73. The van der Waals surface area contributed by atoms with Crippen molar-refractivity contribution in [3.8, 4) is 0 Å². The molecule has 8 nitrogen and oxygen atoms in total. The quantitative estimate of drug-likeness (QED) is 0.762. The van der Waals surface area contributed by atoms with E-state index in [2.05, 4.69) is 10.6 Å². The zero-order valence-electron chi connectivity index (χ0n) is 15.9. The molecule has 3 rings (SSSR count). The van der Waals surface area contributed by atoms with Gasteiger partial charge in [-0.05, 0) is 44.4 Å². The molecule has 1 unspecified atom stereocenters. The highest BCUT2D eigenvalue weighted by atomic mass is 19.1. The molecule has 2 heterocycles. The van der Waals surface area contributed by atoms with E-state index < -0.39 is 35.4 Å². The van der Waals surface area contributed by atoms with Crippen LogP contribution in [0.1, 0.15) is 55.1 Å². The fourth-order valence-corrected chi connectivity index (χ4v) is 3.31. The van der Waals surface area contributed by atoms with Gasteiger partial charge in [-0.2, -0.15) is 0 Å². The molecule has 0 spiro atoms. The Bertz CT molecular complexity index is 862. The summed E-state index contributed by atoms with van der Waals surface area (Å²) in [6, 6.07) is 2.00. The smallest absolute Gasteiger partial charge is 0.407 e. The number of amides is 4. The first kappa shape index (κ1) is 19.8. The first-order valence-corrected chi connectivity index (χ1v) is 8.98. The molecule has 1 atom stereocenters. The summed E-state index contributed by atoms with van der Waals surface area (Å²) in [5, 5.41) is 4.75. The van der Waals surface area contributed by atoms with E-state index in [0.717, 1.165) is 0 Å². The third kappa shape index (κ3) is 4.13. The van der Waals surface area contributed by atoms with Gasteiger partial charge < -0.3 is 15.0 Å². The standard InChI is InChI=1S/C19H22FN3O5/c1-19(2,3)28-18(27)21-8-10-6-11-9-23(17(26)15(11)12(20)7-10)13-4-5-14(24)22-16(13)25/h6-7,13H,4-5,8-9H2,1-3H3,(H,21,27)(H,22,24,25). The zero-order chi connectivity index (χ0) is 20.6. The molecule has 2 N–H and O–H groups in total. The minimum atomic E-state index is -0.805. The predicted octanol–water partition coefficient (Wildman–Crippen LogP) is 1.61. The Kier molecular flexibility index (Phi) is 5.10. The van der Waals surface area contributed by atoms with E-state index in [0.29, 0.717) is 11.1 Å². The summed E-state index contributed by atoms with van der Waals surface area (Å²) in [6.07, 6.45) is -0.293. The number of alkyl carbamates (subject to hydrolysis) is 1. The summed E-state index contributed by atoms with van der Waals surface area (Å²) in [6.45, 7) is 5.30. The normalized spacial score (nSPS) is 19.4. The van der Waals surface area contributed by atoms with Crippen molar-refractivity contribution in [3.05, 3.63) is 34.6 Å². The second-order valence-corrected chi connectivity index (χ2v) is 7.87. The topological polar surface area (TPSA) is 105 Å². The van der Waals surface area contributed by atoms with Gasteiger partial charge in [0.1, 0.15) is 17.5 Å². The van der Waals surface area contributed by atoms with E-state index in [4.69, 9.17) is 4.74 Å². The van der Waals surface area contributed by atoms with Crippen molar-refractivity contribution >= 4 is 23.8 Å². The number of carbonyl (C=O) groups excluding carboxylic acids is 4. The van der Waals surface area contributed by atoms with Crippen LogP contribution in [0.15, 0.2) is 12.1 Å². The van der Waals surface area contributed by atoms with Crippen molar-refractivity contribution in [1.29, 1.82) is 0 Å². The molecule has 0 aromatic heterocycles. The van der Waals surface area contributed by atoms with Crippen LogP contribution >= 0.6 is 0 Å². The summed E-state index contributed by atoms with van der Waals surface area (Å²) in [5.74, 6) is -2.22. The Morgan fingerprint density at radius 1 is 1.32 bits per heavy atom. The molecule has 2 aliphatic heterocycles. The Labute approximate surface area is 161 Å². The van der Waals surface area contributed by atoms with Crippen LogP contribution in [0, 0.1) is 5.82 Å². The number of hydrogen-bond donors (Lipinski definition) is 2. The van der Waals surface area contributed by atoms with Crippen LogP contribution in [-0.2, 0) is 27.4 Å². The lowest BCUT2D eigenvalue weighted by molar-refractivity contribution is -0.136. The second kappa shape index (κ2) is 7.21. The molecule has 1 aromatic carbocycles. The fourth-order valence-electron chi connectivity index (χ4n) is 3.31. The molecule has 9 heteroatoms. The number of halogens is 1. The number of piperidine rings is 1. The van der Waals surface area contributed by atoms with Crippen LogP contribution in [0.5, 0.6) is 0 Å². The lowest BCUT2D eigenvalue weighted by atomic mass is 10.0. The van der Waals surface area contributed by atoms with Gasteiger partial charge in [-0.3, -0.25) is 19.7 Å². The van der Waals surface area contributed by atoms with Crippen molar-refractivity contribution < 1.29 is 28.3 Å². The largest absolute Gasteiger partial charge is 0.444 e. The van der Waals surface area contributed by atoms with Crippen molar-refractivity contribution in [3.63, 3.8) is 0 Å². The molecule has 0 bridgehead atoms. The highest BCUT2D eigenvalue weighted by Crippen LogP contribution is 2.30.